The van der Waals surface area contributed by atoms with Crippen LogP contribution < -0.4 is 15.9 Å². The average molecular weight is 414 g/mol. The fraction of sp³-hybridized carbons (Fsp3) is 0.318. The topological polar surface area (TPSA) is 67.2 Å². The molecule has 1 heterocycles. The van der Waals surface area contributed by atoms with Crippen LogP contribution in [0.3, 0.4) is 0 Å². The van der Waals surface area contributed by atoms with Crippen molar-refractivity contribution in [2.24, 2.45) is 0 Å². The fourth-order valence-electron chi connectivity index (χ4n) is 3.45. The molecule has 1 aromatic heterocycles. The number of hydrogen-bond acceptors (Lipinski definition) is 4. The quantitative estimate of drug-likeness (QED) is 0.669. The molecule has 158 valence electrons. The van der Waals surface area contributed by atoms with Gasteiger partial charge in [0, 0.05) is 12.1 Å². The van der Waals surface area contributed by atoms with Crippen LogP contribution in [0.25, 0.3) is 10.9 Å². The highest BCUT2D eigenvalue weighted by atomic mass is 19.2. The molecule has 0 atom stereocenters. The van der Waals surface area contributed by atoms with Gasteiger partial charge in [0.2, 0.25) is 11.9 Å². The molecule has 0 saturated heterocycles. The van der Waals surface area contributed by atoms with Gasteiger partial charge in [0.25, 0.3) is 5.56 Å². The summed E-state index contributed by atoms with van der Waals surface area (Å²) in [6, 6.07) is 10.2. The van der Waals surface area contributed by atoms with Crippen LogP contribution >= 0.6 is 0 Å². The number of fused-ring (bicyclic) bond motifs is 1. The van der Waals surface area contributed by atoms with Gasteiger partial charge in [0.15, 0.2) is 11.6 Å². The minimum Gasteiger partial charge on any atom is -0.336 e. The summed E-state index contributed by atoms with van der Waals surface area (Å²) < 4.78 is 27.7. The van der Waals surface area contributed by atoms with Crippen LogP contribution in [0.4, 0.5) is 14.7 Å². The second-order valence-corrected chi connectivity index (χ2v) is 7.62. The molecular formula is C22H24F2N4O2. The van der Waals surface area contributed by atoms with Crippen molar-refractivity contribution in [1.29, 1.82) is 0 Å². The van der Waals surface area contributed by atoms with Crippen LogP contribution in [0.1, 0.15) is 33.3 Å². The number of anilines is 1. The number of benzene rings is 2. The van der Waals surface area contributed by atoms with Gasteiger partial charge in [-0.25, -0.2) is 13.8 Å². The molecule has 0 unspecified atom stereocenters. The van der Waals surface area contributed by atoms with E-state index in [1.54, 1.807) is 24.3 Å². The second-order valence-electron chi connectivity index (χ2n) is 7.62. The lowest BCUT2D eigenvalue weighted by molar-refractivity contribution is -0.116. The summed E-state index contributed by atoms with van der Waals surface area (Å²) in [5, 5.41) is 0.363. The maximum Gasteiger partial charge on any atom is 0.281 e. The Kier molecular flexibility index (Phi) is 6.14. The second kappa shape index (κ2) is 8.61. The van der Waals surface area contributed by atoms with Crippen LogP contribution in [0, 0.1) is 11.6 Å². The van der Waals surface area contributed by atoms with E-state index < -0.39 is 23.1 Å². The Morgan fingerprint density at radius 2 is 1.73 bits per heavy atom. The Labute approximate surface area is 173 Å². The Morgan fingerprint density at radius 3 is 2.37 bits per heavy atom. The van der Waals surface area contributed by atoms with E-state index >= 15 is 0 Å². The number of aromatic nitrogens is 2. The van der Waals surface area contributed by atoms with Crippen molar-refractivity contribution in [3.05, 3.63) is 70.0 Å². The summed E-state index contributed by atoms with van der Waals surface area (Å²) in [6.07, 6.45) is -0.223. The largest absolute Gasteiger partial charge is 0.336 e. The molecule has 1 amide bonds. The molecule has 3 aromatic rings. The first-order valence-corrected chi connectivity index (χ1v) is 9.73. The number of rotatable bonds is 6. The third-order valence-electron chi connectivity index (χ3n) is 4.69. The predicted molar refractivity (Wildman–Crippen MR) is 113 cm³/mol. The van der Waals surface area contributed by atoms with Gasteiger partial charge in [-0.1, -0.05) is 18.2 Å². The van der Waals surface area contributed by atoms with E-state index in [2.05, 4.69) is 10.4 Å². The maximum absolute atomic E-state index is 13.5. The predicted octanol–water partition coefficient (Wildman–Crippen LogP) is 3.61. The third-order valence-corrected chi connectivity index (χ3v) is 4.69. The summed E-state index contributed by atoms with van der Waals surface area (Å²) in [7, 11) is 0. The van der Waals surface area contributed by atoms with Gasteiger partial charge in [0.05, 0.1) is 17.3 Å². The lowest BCUT2D eigenvalue weighted by Gasteiger charge is -2.33. The Morgan fingerprint density at radius 1 is 1.07 bits per heavy atom. The molecule has 0 aliphatic rings. The van der Waals surface area contributed by atoms with Gasteiger partial charge >= 0.3 is 0 Å². The average Bonchev–Trinajstić information content (AvgIpc) is 2.67. The summed E-state index contributed by atoms with van der Waals surface area (Å²) in [4.78, 5) is 32.4. The number of nitrogens with zero attached hydrogens (tertiary/aromatic N) is 3. The zero-order valence-corrected chi connectivity index (χ0v) is 17.3. The van der Waals surface area contributed by atoms with Crippen LogP contribution in [-0.4, -0.2) is 27.7 Å². The monoisotopic (exact) mass is 414 g/mol. The first-order chi connectivity index (χ1) is 14.2. The van der Waals surface area contributed by atoms with Crippen molar-refractivity contribution in [1.82, 2.24) is 9.66 Å². The Bertz CT molecular complexity index is 1130. The molecule has 8 heteroatoms. The third kappa shape index (κ3) is 4.32. The fourth-order valence-corrected chi connectivity index (χ4v) is 3.45. The van der Waals surface area contributed by atoms with Crippen molar-refractivity contribution < 1.29 is 13.6 Å². The number of halogens is 2. The molecule has 6 nitrogen and oxygen atoms in total. The SMILES string of the molecule is CC(C)N(c1nc2ccccc2c(=O)n1NC(=O)Cc1ccc(F)c(F)c1)C(C)C. The normalized spacial score (nSPS) is 11.3. The van der Waals surface area contributed by atoms with Crippen LogP contribution in [0.5, 0.6) is 0 Å². The molecular weight excluding hydrogens is 390 g/mol. The molecule has 0 radical (unpaired) electrons. The highest BCUT2D eigenvalue weighted by Crippen LogP contribution is 2.19. The first kappa shape index (κ1) is 21.4. The van der Waals surface area contributed by atoms with E-state index in [1.807, 2.05) is 32.6 Å². The summed E-state index contributed by atoms with van der Waals surface area (Å²) in [5.41, 5.74) is 2.99. The van der Waals surface area contributed by atoms with Gasteiger partial charge in [0.1, 0.15) is 0 Å². The van der Waals surface area contributed by atoms with E-state index in [0.717, 1.165) is 16.8 Å². The van der Waals surface area contributed by atoms with E-state index in [-0.39, 0.29) is 18.5 Å². The zero-order chi connectivity index (χ0) is 22.0. The number of hydrogen-bond donors (Lipinski definition) is 1. The number of carbonyl (C=O) groups excluding carboxylic acids is 1. The lowest BCUT2D eigenvalue weighted by Crippen LogP contribution is -2.45. The van der Waals surface area contributed by atoms with Crippen molar-refractivity contribution in [2.75, 3.05) is 10.3 Å². The highest BCUT2D eigenvalue weighted by Gasteiger charge is 2.23. The number of nitrogens with one attached hydrogen (secondary N) is 1. The van der Waals surface area contributed by atoms with E-state index in [0.29, 0.717) is 22.4 Å². The van der Waals surface area contributed by atoms with Crippen LogP contribution in [0.2, 0.25) is 0 Å². The van der Waals surface area contributed by atoms with Gasteiger partial charge < -0.3 is 4.90 Å². The maximum atomic E-state index is 13.5. The smallest absolute Gasteiger partial charge is 0.281 e. The van der Waals surface area contributed by atoms with E-state index in [4.69, 9.17) is 0 Å². The Balaban J connectivity index is 2.05. The summed E-state index contributed by atoms with van der Waals surface area (Å²) >= 11 is 0. The van der Waals surface area contributed by atoms with Gasteiger partial charge in [-0.15, -0.1) is 0 Å². The van der Waals surface area contributed by atoms with Crippen LogP contribution in [0.15, 0.2) is 47.3 Å². The molecule has 2 aromatic carbocycles. The van der Waals surface area contributed by atoms with Gasteiger partial charge in [-0.05, 0) is 57.5 Å². The lowest BCUT2D eigenvalue weighted by atomic mass is 10.1. The molecule has 30 heavy (non-hydrogen) atoms. The molecule has 0 aliphatic carbocycles. The molecule has 0 fully saturated rings. The van der Waals surface area contributed by atoms with Gasteiger partial charge in [-0.3, -0.25) is 15.0 Å². The molecule has 0 bridgehead atoms. The van der Waals surface area contributed by atoms with Crippen LogP contribution in [-0.2, 0) is 11.2 Å². The standard InChI is InChI=1S/C22H24F2N4O2/c1-13(2)27(14(3)4)22-25-19-8-6-5-7-16(19)21(30)28(22)26-20(29)12-15-9-10-17(23)18(24)11-15/h5-11,13-14H,12H2,1-4H3,(H,26,29). The van der Waals surface area contributed by atoms with Gasteiger partial charge in [-0.2, -0.15) is 4.68 Å². The number of carbonyl (C=O) groups is 1. The molecule has 0 spiro atoms. The molecule has 1 N–H and O–H groups in total. The number of amides is 1. The van der Waals surface area contributed by atoms with E-state index in [1.165, 1.54) is 6.07 Å². The number of para-hydroxylation sites is 1. The highest BCUT2D eigenvalue weighted by molar-refractivity contribution is 5.87. The van der Waals surface area contributed by atoms with Crippen molar-refractivity contribution >= 4 is 22.8 Å². The van der Waals surface area contributed by atoms with Crippen molar-refractivity contribution in [2.45, 2.75) is 46.2 Å². The molecule has 0 saturated carbocycles. The Hall–Kier alpha value is -3.29. The zero-order valence-electron chi connectivity index (χ0n) is 17.3. The van der Waals surface area contributed by atoms with E-state index in [9.17, 15) is 18.4 Å². The first-order valence-electron chi connectivity index (χ1n) is 9.73. The molecule has 3 rings (SSSR count). The summed E-state index contributed by atoms with van der Waals surface area (Å²) in [6.45, 7) is 7.87. The molecule has 0 aliphatic heterocycles. The minimum absolute atomic E-state index is 0.00686. The minimum atomic E-state index is -1.03. The van der Waals surface area contributed by atoms with Crippen molar-refractivity contribution in [3.8, 4) is 0 Å². The summed E-state index contributed by atoms with van der Waals surface area (Å²) in [5.74, 6) is -2.26. The van der Waals surface area contributed by atoms with Crippen molar-refractivity contribution in [3.63, 3.8) is 0 Å².